The van der Waals surface area contributed by atoms with Crippen molar-refractivity contribution in [1.29, 1.82) is 0 Å². The Morgan fingerprint density at radius 2 is 1.70 bits per heavy atom. The van der Waals surface area contributed by atoms with Crippen LogP contribution in [0.4, 0.5) is 4.79 Å². The number of amides is 2. The van der Waals surface area contributed by atoms with Crippen LogP contribution in [-0.2, 0) is 19.0 Å². The molecule has 2 saturated heterocycles. The molecule has 0 N–H and O–H groups in total. The fourth-order valence-electron chi connectivity index (χ4n) is 3.03. The molecule has 0 radical (unpaired) electrons. The zero-order valence-electron chi connectivity index (χ0n) is 14.7. The maximum absolute atomic E-state index is 12.7. The summed E-state index contributed by atoms with van der Waals surface area (Å²) in [6.45, 7) is 11.6. The van der Waals surface area contributed by atoms with E-state index in [9.17, 15) is 9.59 Å². The van der Waals surface area contributed by atoms with Crippen LogP contribution in [0.25, 0.3) is 0 Å². The van der Waals surface area contributed by atoms with Crippen molar-refractivity contribution in [3.63, 3.8) is 0 Å². The Morgan fingerprint density at radius 3 is 2.17 bits per heavy atom. The Bertz CT molecular complexity index is 430. The van der Waals surface area contributed by atoms with E-state index in [-0.39, 0.29) is 24.1 Å². The molecular formula is C16H28N2O5. The summed E-state index contributed by atoms with van der Waals surface area (Å²) >= 11 is 0. The number of piperazine rings is 1. The van der Waals surface area contributed by atoms with Crippen molar-refractivity contribution in [3.8, 4) is 0 Å². The molecule has 7 nitrogen and oxygen atoms in total. The van der Waals surface area contributed by atoms with E-state index in [2.05, 4.69) is 0 Å². The topological polar surface area (TPSA) is 68.3 Å². The first-order valence-corrected chi connectivity index (χ1v) is 8.18. The van der Waals surface area contributed by atoms with Gasteiger partial charge in [0.25, 0.3) is 5.91 Å². The van der Waals surface area contributed by atoms with Gasteiger partial charge < -0.3 is 24.0 Å². The molecule has 2 aliphatic rings. The Balaban J connectivity index is 1.99. The smallest absolute Gasteiger partial charge is 0.410 e. The first kappa shape index (κ1) is 18.0. The first-order valence-electron chi connectivity index (χ1n) is 8.18. The second-order valence-corrected chi connectivity index (χ2v) is 7.26. The number of rotatable bonds is 1. The highest BCUT2D eigenvalue weighted by molar-refractivity contribution is 5.82. The van der Waals surface area contributed by atoms with Gasteiger partial charge in [-0.1, -0.05) is 0 Å². The molecule has 0 unspecified atom stereocenters. The van der Waals surface area contributed by atoms with Crippen molar-refractivity contribution in [3.05, 3.63) is 0 Å². The number of carbonyl (C=O) groups excluding carboxylic acids is 2. The second-order valence-electron chi connectivity index (χ2n) is 7.26. The fraction of sp³-hybridized carbons (Fsp3) is 0.875. The molecule has 0 aromatic heterocycles. The third kappa shape index (κ3) is 4.57. The number of hydrogen-bond acceptors (Lipinski definition) is 5. The summed E-state index contributed by atoms with van der Waals surface area (Å²) in [5.74, 6) is -0.0615. The predicted octanol–water partition coefficient (Wildman–Crippen LogP) is 1.26. The quantitative estimate of drug-likeness (QED) is 0.725. The molecule has 0 saturated carbocycles. The molecule has 2 rings (SSSR count). The van der Waals surface area contributed by atoms with Gasteiger partial charge in [-0.15, -0.1) is 0 Å². The predicted molar refractivity (Wildman–Crippen MR) is 84.1 cm³/mol. The lowest BCUT2D eigenvalue weighted by Gasteiger charge is -2.45. The standard InChI is InChI=1S/C16H28N2O5/c1-11-8-17(15(20)23-16(3,4)5)9-12(2)18(11)14(19)13-10-21-6-7-22-13/h11-13H,6-10H2,1-5H3/t11-,12-,13-/m1/s1. The van der Waals surface area contributed by atoms with Gasteiger partial charge in [-0.3, -0.25) is 4.79 Å². The van der Waals surface area contributed by atoms with Crippen LogP contribution in [0, 0.1) is 0 Å². The summed E-state index contributed by atoms with van der Waals surface area (Å²) in [4.78, 5) is 28.4. The molecule has 3 atom stereocenters. The summed E-state index contributed by atoms with van der Waals surface area (Å²) in [7, 11) is 0. The summed E-state index contributed by atoms with van der Waals surface area (Å²) < 4.78 is 16.3. The average Bonchev–Trinajstić information content (AvgIpc) is 2.45. The van der Waals surface area contributed by atoms with Crippen LogP contribution in [0.1, 0.15) is 34.6 Å². The lowest BCUT2D eigenvalue weighted by atomic mass is 10.1. The number of hydrogen-bond donors (Lipinski definition) is 0. The molecule has 2 amide bonds. The fourth-order valence-corrected chi connectivity index (χ4v) is 3.03. The Morgan fingerprint density at radius 1 is 1.09 bits per heavy atom. The Hall–Kier alpha value is -1.34. The second kappa shape index (κ2) is 7.05. The van der Waals surface area contributed by atoms with Crippen LogP contribution < -0.4 is 0 Å². The van der Waals surface area contributed by atoms with E-state index in [1.807, 2.05) is 34.6 Å². The number of carbonyl (C=O) groups is 2. The van der Waals surface area contributed by atoms with Crippen molar-refractivity contribution < 1.29 is 23.8 Å². The highest BCUT2D eigenvalue weighted by atomic mass is 16.6. The minimum Gasteiger partial charge on any atom is -0.444 e. The van der Waals surface area contributed by atoms with Gasteiger partial charge in [-0.05, 0) is 34.6 Å². The summed E-state index contributed by atoms with van der Waals surface area (Å²) in [6.07, 6.45) is -0.873. The largest absolute Gasteiger partial charge is 0.444 e. The van der Waals surface area contributed by atoms with Crippen LogP contribution >= 0.6 is 0 Å². The third-order valence-corrected chi connectivity index (χ3v) is 3.92. The minimum absolute atomic E-state index is 0.0615. The Kier molecular flexibility index (Phi) is 5.52. The van der Waals surface area contributed by atoms with Gasteiger partial charge in [0.05, 0.1) is 19.8 Å². The van der Waals surface area contributed by atoms with Crippen LogP contribution in [0.2, 0.25) is 0 Å². The van der Waals surface area contributed by atoms with Crippen molar-refractivity contribution in [2.75, 3.05) is 32.9 Å². The summed E-state index contributed by atoms with van der Waals surface area (Å²) in [5, 5.41) is 0. The summed E-state index contributed by atoms with van der Waals surface area (Å²) in [6, 6.07) is -0.186. The highest BCUT2D eigenvalue weighted by Crippen LogP contribution is 2.21. The van der Waals surface area contributed by atoms with Gasteiger partial charge in [0.1, 0.15) is 5.60 Å². The van der Waals surface area contributed by atoms with Crippen LogP contribution in [0.15, 0.2) is 0 Å². The van der Waals surface area contributed by atoms with E-state index in [0.717, 1.165) is 0 Å². The zero-order valence-corrected chi connectivity index (χ0v) is 14.7. The van der Waals surface area contributed by atoms with Crippen LogP contribution in [0.3, 0.4) is 0 Å². The SMILES string of the molecule is C[C@@H]1CN(C(=O)OC(C)(C)C)C[C@@H](C)N1C(=O)[C@H]1COCCO1. The van der Waals surface area contributed by atoms with Crippen molar-refractivity contribution in [1.82, 2.24) is 9.80 Å². The van der Waals surface area contributed by atoms with Crippen LogP contribution in [-0.4, -0.2) is 78.5 Å². The molecule has 2 heterocycles. The van der Waals surface area contributed by atoms with Crippen molar-refractivity contribution in [2.45, 2.75) is 58.4 Å². The molecule has 0 aromatic rings. The average molecular weight is 328 g/mol. The van der Waals surface area contributed by atoms with Gasteiger partial charge in [0, 0.05) is 25.2 Å². The van der Waals surface area contributed by atoms with Crippen molar-refractivity contribution >= 4 is 12.0 Å². The monoisotopic (exact) mass is 328 g/mol. The number of nitrogens with zero attached hydrogens (tertiary/aromatic N) is 2. The Labute approximate surface area is 137 Å². The lowest BCUT2D eigenvalue weighted by molar-refractivity contribution is -0.165. The van der Waals surface area contributed by atoms with E-state index in [0.29, 0.717) is 32.9 Å². The summed E-state index contributed by atoms with van der Waals surface area (Å²) in [5.41, 5.74) is -0.524. The normalized spacial score (nSPS) is 29.3. The van der Waals surface area contributed by atoms with Gasteiger partial charge in [0.15, 0.2) is 6.10 Å². The van der Waals surface area contributed by atoms with Gasteiger partial charge in [0.2, 0.25) is 0 Å². The molecule has 132 valence electrons. The van der Waals surface area contributed by atoms with Gasteiger partial charge in [-0.25, -0.2) is 4.79 Å². The van der Waals surface area contributed by atoms with Crippen molar-refractivity contribution in [2.24, 2.45) is 0 Å². The maximum atomic E-state index is 12.7. The van der Waals surface area contributed by atoms with E-state index in [4.69, 9.17) is 14.2 Å². The molecule has 2 aliphatic heterocycles. The van der Waals surface area contributed by atoms with E-state index >= 15 is 0 Å². The molecular weight excluding hydrogens is 300 g/mol. The zero-order chi connectivity index (χ0) is 17.2. The van der Waals surface area contributed by atoms with E-state index in [1.54, 1.807) is 9.80 Å². The third-order valence-electron chi connectivity index (χ3n) is 3.92. The van der Waals surface area contributed by atoms with Gasteiger partial charge in [-0.2, -0.15) is 0 Å². The highest BCUT2D eigenvalue weighted by Gasteiger charge is 2.39. The lowest BCUT2D eigenvalue weighted by Crippen LogP contribution is -2.62. The first-order chi connectivity index (χ1) is 10.7. The van der Waals surface area contributed by atoms with Crippen LogP contribution in [0.5, 0.6) is 0 Å². The molecule has 23 heavy (non-hydrogen) atoms. The van der Waals surface area contributed by atoms with E-state index < -0.39 is 11.7 Å². The molecule has 0 bridgehead atoms. The maximum Gasteiger partial charge on any atom is 0.410 e. The molecule has 0 spiro atoms. The molecule has 0 aromatic carbocycles. The molecule has 0 aliphatic carbocycles. The molecule has 7 heteroatoms. The minimum atomic E-state index is -0.540. The van der Waals surface area contributed by atoms with Gasteiger partial charge >= 0.3 is 6.09 Å². The van der Waals surface area contributed by atoms with E-state index in [1.165, 1.54) is 0 Å². The molecule has 2 fully saturated rings. The number of ether oxygens (including phenoxy) is 3.